The summed E-state index contributed by atoms with van der Waals surface area (Å²) in [5.41, 5.74) is 1.70. The predicted octanol–water partition coefficient (Wildman–Crippen LogP) is 3.89. The number of Topliss-reactive ketones (excluding diaryl/α,β-unsaturated/α-hetero) is 1. The normalized spacial score (nSPS) is 11.1. The van der Waals surface area contributed by atoms with Gasteiger partial charge in [-0.25, -0.2) is 13.4 Å². The highest BCUT2D eigenvalue weighted by atomic mass is 32.2. The van der Waals surface area contributed by atoms with E-state index in [1.165, 1.54) is 13.1 Å². The van der Waals surface area contributed by atoms with Crippen LogP contribution in [-0.2, 0) is 10.0 Å². The lowest BCUT2D eigenvalue weighted by Crippen LogP contribution is -2.11. The Morgan fingerprint density at radius 2 is 1.92 bits per heavy atom. The fourth-order valence-electron chi connectivity index (χ4n) is 2.11. The number of nitrogens with zero attached hydrogens (tertiary/aromatic N) is 1. The van der Waals surface area contributed by atoms with Crippen LogP contribution in [0.1, 0.15) is 17.3 Å². The molecule has 0 bridgehead atoms. The second-order valence-corrected chi connectivity index (χ2v) is 8.09. The van der Waals surface area contributed by atoms with Gasteiger partial charge >= 0.3 is 0 Å². The summed E-state index contributed by atoms with van der Waals surface area (Å²) in [6.45, 7) is 1.51. The number of hydrogen-bond acceptors (Lipinski definition) is 6. The average Bonchev–Trinajstić information content (AvgIpc) is 3.12. The lowest BCUT2D eigenvalue weighted by atomic mass is 10.1. The van der Waals surface area contributed by atoms with Gasteiger partial charge in [0.05, 0.1) is 11.9 Å². The number of rotatable bonds is 6. The summed E-state index contributed by atoms with van der Waals surface area (Å²) >= 11 is 1.15. The van der Waals surface area contributed by atoms with E-state index in [2.05, 4.69) is 15.0 Å². The predicted molar refractivity (Wildman–Crippen MR) is 99.1 cm³/mol. The van der Waals surface area contributed by atoms with Crippen LogP contribution in [0.15, 0.2) is 64.3 Å². The van der Waals surface area contributed by atoms with Crippen molar-refractivity contribution in [3.05, 3.63) is 65.7 Å². The number of pyridine rings is 1. The Hall–Kier alpha value is -2.71. The number of hydrogen-bond donors (Lipinski definition) is 2. The molecule has 0 radical (unpaired) electrons. The fourth-order valence-corrected chi connectivity index (χ4v) is 4.15. The van der Waals surface area contributed by atoms with Gasteiger partial charge in [0.2, 0.25) is 0 Å². The lowest BCUT2D eigenvalue weighted by molar-refractivity contribution is 0.101. The molecule has 0 saturated carbocycles. The molecule has 0 fully saturated rings. The first-order chi connectivity index (χ1) is 11.9. The minimum Gasteiger partial charge on any atom is -0.340 e. The Kier molecular flexibility index (Phi) is 4.82. The van der Waals surface area contributed by atoms with E-state index in [-0.39, 0.29) is 9.99 Å². The number of sulfonamides is 1. The van der Waals surface area contributed by atoms with Crippen molar-refractivity contribution in [1.82, 2.24) is 4.98 Å². The molecule has 0 aliphatic rings. The van der Waals surface area contributed by atoms with Crippen molar-refractivity contribution in [2.24, 2.45) is 0 Å². The first-order valence-corrected chi connectivity index (χ1v) is 9.71. The van der Waals surface area contributed by atoms with Crippen LogP contribution >= 0.6 is 11.3 Å². The largest absolute Gasteiger partial charge is 0.340 e. The van der Waals surface area contributed by atoms with Crippen LogP contribution in [0.25, 0.3) is 0 Å². The van der Waals surface area contributed by atoms with E-state index < -0.39 is 10.0 Å². The molecule has 8 heteroatoms. The van der Waals surface area contributed by atoms with Crippen LogP contribution < -0.4 is 10.0 Å². The summed E-state index contributed by atoms with van der Waals surface area (Å²) in [4.78, 5) is 15.6. The first kappa shape index (κ1) is 17.1. The molecule has 1 aromatic carbocycles. The summed E-state index contributed by atoms with van der Waals surface area (Å²) in [5.74, 6) is 0.523. The molecule has 2 heterocycles. The maximum atomic E-state index is 12.2. The van der Waals surface area contributed by atoms with Gasteiger partial charge in [-0.3, -0.25) is 9.52 Å². The molecule has 2 N–H and O–H groups in total. The van der Waals surface area contributed by atoms with Crippen molar-refractivity contribution in [2.75, 3.05) is 10.0 Å². The molecule has 128 valence electrons. The monoisotopic (exact) mass is 373 g/mol. The van der Waals surface area contributed by atoms with Crippen LogP contribution in [0, 0.1) is 0 Å². The molecule has 2 aromatic heterocycles. The van der Waals surface area contributed by atoms with Crippen LogP contribution in [-0.4, -0.2) is 19.2 Å². The number of benzene rings is 1. The minimum atomic E-state index is -3.59. The van der Waals surface area contributed by atoms with E-state index in [1.807, 2.05) is 6.07 Å². The highest BCUT2D eigenvalue weighted by Crippen LogP contribution is 2.21. The van der Waals surface area contributed by atoms with Gasteiger partial charge in [-0.15, -0.1) is 11.3 Å². The highest BCUT2D eigenvalue weighted by Gasteiger charge is 2.15. The Balaban J connectivity index is 1.72. The van der Waals surface area contributed by atoms with E-state index >= 15 is 0 Å². The summed E-state index contributed by atoms with van der Waals surface area (Å²) in [7, 11) is -3.59. The van der Waals surface area contributed by atoms with E-state index in [1.54, 1.807) is 47.8 Å². The maximum absolute atomic E-state index is 12.2. The van der Waals surface area contributed by atoms with Gasteiger partial charge in [-0.05, 0) is 42.6 Å². The zero-order valence-corrected chi connectivity index (χ0v) is 14.9. The van der Waals surface area contributed by atoms with Gasteiger partial charge in [-0.2, -0.15) is 0 Å². The number of ketones is 1. The number of thiophene rings is 1. The number of nitrogens with one attached hydrogen (secondary N) is 2. The fraction of sp³-hybridized carbons (Fsp3) is 0.0588. The first-order valence-electron chi connectivity index (χ1n) is 7.34. The number of carbonyl (C=O) groups is 1. The van der Waals surface area contributed by atoms with Gasteiger partial charge in [0.25, 0.3) is 10.0 Å². The Morgan fingerprint density at radius 3 is 2.56 bits per heavy atom. The number of anilines is 3. The van der Waals surface area contributed by atoms with Gasteiger partial charge in [-0.1, -0.05) is 18.2 Å². The molecule has 0 atom stereocenters. The van der Waals surface area contributed by atoms with Crippen LogP contribution in [0.2, 0.25) is 0 Å². The van der Waals surface area contributed by atoms with Crippen molar-refractivity contribution in [3.8, 4) is 0 Å². The van der Waals surface area contributed by atoms with Crippen molar-refractivity contribution in [3.63, 3.8) is 0 Å². The molecule has 0 spiro atoms. The SMILES string of the molecule is CC(=O)c1cccc(Nc2ccc(NS(=O)(=O)c3cccs3)cn2)c1. The second-order valence-electron chi connectivity index (χ2n) is 5.23. The summed E-state index contributed by atoms with van der Waals surface area (Å²) in [5, 5.41) is 4.78. The van der Waals surface area contributed by atoms with Crippen molar-refractivity contribution >= 4 is 44.3 Å². The maximum Gasteiger partial charge on any atom is 0.271 e. The quantitative estimate of drug-likeness (QED) is 0.640. The van der Waals surface area contributed by atoms with E-state index in [9.17, 15) is 13.2 Å². The third-order valence-corrected chi connectivity index (χ3v) is 6.10. The van der Waals surface area contributed by atoms with Crippen LogP contribution in [0.5, 0.6) is 0 Å². The molecular formula is C17H15N3O3S2. The molecule has 0 amide bonds. The van der Waals surface area contributed by atoms with Gasteiger partial charge in [0.15, 0.2) is 5.78 Å². The molecule has 0 unspecified atom stereocenters. The zero-order chi connectivity index (χ0) is 17.9. The lowest BCUT2D eigenvalue weighted by Gasteiger charge is -2.09. The van der Waals surface area contributed by atoms with E-state index in [4.69, 9.17) is 0 Å². The highest BCUT2D eigenvalue weighted by molar-refractivity contribution is 7.94. The molecular weight excluding hydrogens is 358 g/mol. The van der Waals surface area contributed by atoms with Crippen molar-refractivity contribution in [1.29, 1.82) is 0 Å². The number of carbonyl (C=O) groups excluding carboxylic acids is 1. The van der Waals surface area contributed by atoms with Gasteiger partial charge < -0.3 is 5.32 Å². The minimum absolute atomic E-state index is 0.0186. The van der Waals surface area contributed by atoms with Gasteiger partial charge in [0.1, 0.15) is 10.0 Å². The zero-order valence-electron chi connectivity index (χ0n) is 13.3. The second kappa shape index (κ2) is 7.04. The van der Waals surface area contributed by atoms with E-state index in [0.717, 1.165) is 17.0 Å². The standard InChI is InChI=1S/C17H15N3O3S2/c1-12(21)13-4-2-5-14(10-13)19-16-8-7-15(11-18-16)20-25(22,23)17-6-3-9-24-17/h2-11,20H,1H3,(H,18,19). The average molecular weight is 373 g/mol. The Bertz CT molecular complexity index is 982. The van der Waals surface area contributed by atoms with Crippen molar-refractivity contribution in [2.45, 2.75) is 11.1 Å². The molecule has 3 rings (SSSR count). The number of aromatic nitrogens is 1. The molecule has 3 aromatic rings. The summed E-state index contributed by atoms with van der Waals surface area (Å²) in [6, 6.07) is 13.6. The topological polar surface area (TPSA) is 88.2 Å². The molecule has 0 aliphatic heterocycles. The Morgan fingerprint density at radius 1 is 1.08 bits per heavy atom. The Labute approximate surface area is 149 Å². The summed E-state index contributed by atoms with van der Waals surface area (Å²) in [6.07, 6.45) is 1.43. The van der Waals surface area contributed by atoms with E-state index in [0.29, 0.717) is 17.1 Å². The summed E-state index contributed by atoms with van der Waals surface area (Å²) < 4.78 is 27.1. The molecule has 0 aliphatic carbocycles. The third-order valence-electron chi connectivity index (χ3n) is 3.32. The molecule has 6 nitrogen and oxygen atoms in total. The van der Waals surface area contributed by atoms with Crippen LogP contribution in [0.4, 0.5) is 17.2 Å². The van der Waals surface area contributed by atoms with Gasteiger partial charge in [0, 0.05) is 11.3 Å². The third kappa shape index (κ3) is 4.23. The molecule has 25 heavy (non-hydrogen) atoms. The smallest absolute Gasteiger partial charge is 0.271 e. The van der Waals surface area contributed by atoms with Crippen LogP contribution in [0.3, 0.4) is 0 Å². The molecule has 0 saturated heterocycles. The van der Waals surface area contributed by atoms with Crippen molar-refractivity contribution < 1.29 is 13.2 Å².